The van der Waals surface area contributed by atoms with Crippen LogP contribution >= 0.6 is 23.5 Å². The van der Waals surface area contributed by atoms with Crippen LogP contribution in [0.4, 0.5) is 5.69 Å². The Labute approximate surface area is 110 Å². The van der Waals surface area contributed by atoms with E-state index in [0.717, 1.165) is 23.1 Å². The van der Waals surface area contributed by atoms with Gasteiger partial charge < -0.3 is 5.32 Å². The number of hydrogen-bond acceptors (Lipinski definition) is 4. The zero-order valence-electron chi connectivity index (χ0n) is 9.73. The molecule has 0 aromatic heterocycles. The molecule has 1 aliphatic rings. The van der Waals surface area contributed by atoms with Crippen LogP contribution in [0.3, 0.4) is 0 Å². The fourth-order valence-corrected chi connectivity index (χ4v) is 3.15. The summed E-state index contributed by atoms with van der Waals surface area (Å²) in [5, 5.41) is 6.12. The molecule has 0 spiro atoms. The number of amides is 1. The van der Waals surface area contributed by atoms with Gasteiger partial charge in [-0.15, -0.1) is 11.8 Å². The summed E-state index contributed by atoms with van der Waals surface area (Å²) in [6.45, 7) is 0. The van der Waals surface area contributed by atoms with Crippen LogP contribution in [0, 0.1) is 0 Å². The highest BCUT2D eigenvalue weighted by atomic mass is 32.2. The zero-order valence-corrected chi connectivity index (χ0v) is 11.4. The monoisotopic (exact) mass is 268 g/mol. The van der Waals surface area contributed by atoms with E-state index in [1.807, 2.05) is 18.2 Å². The number of hydrogen-bond donors (Lipinski definition) is 2. The summed E-state index contributed by atoms with van der Waals surface area (Å²) in [7, 11) is 0. The molecule has 0 saturated carbocycles. The number of carbonyl (C=O) groups is 1. The molecule has 0 aliphatic carbocycles. The minimum absolute atomic E-state index is 0.0517. The first-order chi connectivity index (χ1) is 8.29. The Bertz CT molecular complexity index is 392. The summed E-state index contributed by atoms with van der Waals surface area (Å²) in [4.78, 5) is 11.9. The van der Waals surface area contributed by atoms with E-state index in [1.165, 1.54) is 5.56 Å². The van der Waals surface area contributed by atoms with Crippen molar-refractivity contribution in [3.05, 3.63) is 29.8 Å². The van der Waals surface area contributed by atoms with Crippen molar-refractivity contribution in [1.82, 2.24) is 5.32 Å². The molecule has 1 saturated heterocycles. The van der Waals surface area contributed by atoms with Crippen LogP contribution in [0.25, 0.3) is 0 Å². The van der Waals surface area contributed by atoms with Gasteiger partial charge in [0.1, 0.15) is 0 Å². The van der Waals surface area contributed by atoms with Gasteiger partial charge in [-0.3, -0.25) is 10.1 Å². The van der Waals surface area contributed by atoms with Crippen molar-refractivity contribution in [3.8, 4) is 0 Å². The first kappa shape index (κ1) is 12.8. The van der Waals surface area contributed by atoms with Crippen LogP contribution in [-0.4, -0.2) is 29.8 Å². The van der Waals surface area contributed by atoms with Gasteiger partial charge in [-0.25, -0.2) is 0 Å². The van der Waals surface area contributed by atoms with Crippen molar-refractivity contribution in [2.75, 3.05) is 23.2 Å². The molecule has 5 heteroatoms. The van der Waals surface area contributed by atoms with Gasteiger partial charge in [0.05, 0.1) is 6.04 Å². The van der Waals surface area contributed by atoms with Crippen molar-refractivity contribution in [2.45, 2.75) is 11.8 Å². The van der Waals surface area contributed by atoms with Gasteiger partial charge >= 0.3 is 0 Å². The third-order valence-electron chi connectivity index (χ3n) is 2.54. The standard InChI is InChI=1S/C12H16N2OS2/c1-16-6-9-3-2-4-10(5-9)14-12(15)11-7-17-8-13-11/h2-5,11,13H,6-8H2,1H3,(H,14,15)/t11-/m1/s1. The Balaban J connectivity index is 1.97. The average Bonchev–Trinajstić information content (AvgIpc) is 2.83. The number of benzene rings is 1. The van der Waals surface area contributed by atoms with Gasteiger partial charge in [0.15, 0.2) is 0 Å². The summed E-state index contributed by atoms with van der Waals surface area (Å²) in [6.07, 6.45) is 2.07. The van der Waals surface area contributed by atoms with E-state index in [-0.39, 0.29) is 11.9 Å². The number of anilines is 1. The largest absolute Gasteiger partial charge is 0.325 e. The number of thioether (sulfide) groups is 2. The molecule has 1 heterocycles. The summed E-state index contributed by atoms with van der Waals surface area (Å²) in [5.41, 5.74) is 2.13. The molecule has 3 nitrogen and oxygen atoms in total. The predicted octanol–water partition coefficient (Wildman–Crippen LogP) is 2.15. The Kier molecular flexibility index (Phi) is 4.76. The molecule has 0 unspecified atom stereocenters. The van der Waals surface area contributed by atoms with E-state index < -0.39 is 0 Å². The van der Waals surface area contributed by atoms with Crippen LogP contribution in [0.15, 0.2) is 24.3 Å². The van der Waals surface area contributed by atoms with Crippen LogP contribution in [0.1, 0.15) is 5.56 Å². The van der Waals surface area contributed by atoms with Crippen LogP contribution < -0.4 is 10.6 Å². The highest BCUT2D eigenvalue weighted by Crippen LogP contribution is 2.16. The molecule has 0 radical (unpaired) electrons. The van der Waals surface area contributed by atoms with E-state index in [0.29, 0.717) is 0 Å². The molecule has 1 aliphatic heterocycles. The lowest BCUT2D eigenvalue weighted by Gasteiger charge is -2.11. The maximum Gasteiger partial charge on any atom is 0.242 e. The number of carbonyl (C=O) groups excluding carboxylic acids is 1. The quantitative estimate of drug-likeness (QED) is 0.878. The molecule has 1 aromatic rings. The van der Waals surface area contributed by atoms with Gasteiger partial charge in [0.2, 0.25) is 5.91 Å². The second kappa shape index (κ2) is 6.33. The number of nitrogens with one attached hydrogen (secondary N) is 2. The van der Waals surface area contributed by atoms with Crippen molar-refractivity contribution >= 4 is 35.1 Å². The second-order valence-corrected chi connectivity index (χ2v) is 5.79. The maximum absolute atomic E-state index is 11.9. The summed E-state index contributed by atoms with van der Waals surface area (Å²) >= 11 is 3.54. The Morgan fingerprint density at radius 1 is 1.65 bits per heavy atom. The molecule has 2 rings (SSSR count). The summed E-state index contributed by atoms with van der Waals surface area (Å²) in [6, 6.07) is 7.98. The van der Waals surface area contributed by atoms with Gasteiger partial charge in [-0.05, 0) is 24.0 Å². The lowest BCUT2D eigenvalue weighted by atomic mass is 10.2. The third kappa shape index (κ3) is 3.66. The maximum atomic E-state index is 11.9. The minimum Gasteiger partial charge on any atom is -0.325 e. The Morgan fingerprint density at radius 2 is 2.53 bits per heavy atom. The first-order valence-corrected chi connectivity index (χ1v) is 8.04. The molecule has 1 atom stereocenters. The van der Waals surface area contributed by atoms with Crippen LogP contribution in [0.5, 0.6) is 0 Å². The molecular weight excluding hydrogens is 252 g/mol. The topological polar surface area (TPSA) is 41.1 Å². The fourth-order valence-electron chi connectivity index (χ4n) is 1.70. The normalized spacial score (nSPS) is 19.2. The summed E-state index contributed by atoms with van der Waals surface area (Å²) < 4.78 is 0. The summed E-state index contributed by atoms with van der Waals surface area (Å²) in [5.74, 6) is 2.76. The minimum atomic E-state index is -0.0517. The van der Waals surface area contributed by atoms with E-state index in [4.69, 9.17) is 0 Å². The molecule has 1 amide bonds. The molecule has 0 bridgehead atoms. The van der Waals surface area contributed by atoms with Gasteiger partial charge in [0.25, 0.3) is 0 Å². The lowest BCUT2D eigenvalue weighted by Crippen LogP contribution is -2.37. The van der Waals surface area contributed by atoms with Crippen LogP contribution in [-0.2, 0) is 10.5 Å². The first-order valence-electron chi connectivity index (χ1n) is 5.49. The van der Waals surface area contributed by atoms with E-state index in [2.05, 4.69) is 23.0 Å². The van der Waals surface area contributed by atoms with Crippen molar-refractivity contribution < 1.29 is 4.79 Å². The Morgan fingerprint density at radius 3 is 3.24 bits per heavy atom. The Hall–Kier alpha value is -0.650. The van der Waals surface area contributed by atoms with E-state index in [1.54, 1.807) is 23.5 Å². The molecule has 17 heavy (non-hydrogen) atoms. The molecule has 1 fully saturated rings. The van der Waals surface area contributed by atoms with Crippen molar-refractivity contribution in [1.29, 1.82) is 0 Å². The van der Waals surface area contributed by atoms with E-state index >= 15 is 0 Å². The third-order valence-corrected chi connectivity index (χ3v) is 4.10. The molecule has 2 N–H and O–H groups in total. The van der Waals surface area contributed by atoms with Crippen LogP contribution in [0.2, 0.25) is 0 Å². The zero-order chi connectivity index (χ0) is 12.1. The highest BCUT2D eigenvalue weighted by molar-refractivity contribution is 7.99. The number of rotatable bonds is 4. The average molecular weight is 268 g/mol. The molecule has 92 valence electrons. The van der Waals surface area contributed by atoms with E-state index in [9.17, 15) is 4.79 Å². The SMILES string of the molecule is CSCc1cccc(NC(=O)[C@H]2CSCN2)c1. The van der Waals surface area contributed by atoms with Gasteiger partial charge in [-0.1, -0.05) is 12.1 Å². The molecular formula is C12H16N2OS2. The molecule has 1 aromatic carbocycles. The van der Waals surface area contributed by atoms with Crippen molar-refractivity contribution in [3.63, 3.8) is 0 Å². The second-order valence-electron chi connectivity index (χ2n) is 3.89. The van der Waals surface area contributed by atoms with Gasteiger partial charge in [-0.2, -0.15) is 11.8 Å². The van der Waals surface area contributed by atoms with Gasteiger partial charge in [0, 0.05) is 23.1 Å². The predicted molar refractivity (Wildman–Crippen MR) is 76.5 cm³/mol. The highest BCUT2D eigenvalue weighted by Gasteiger charge is 2.22. The van der Waals surface area contributed by atoms with Crippen molar-refractivity contribution in [2.24, 2.45) is 0 Å². The smallest absolute Gasteiger partial charge is 0.242 e. The lowest BCUT2D eigenvalue weighted by molar-refractivity contribution is -0.117. The fraction of sp³-hybridized carbons (Fsp3) is 0.417.